The minimum atomic E-state index is 0.111. The molecule has 6 nitrogen and oxygen atoms in total. The maximum absolute atomic E-state index is 8.94. The Bertz CT molecular complexity index is 311. The molecular formula is C9H16N4O2. The standard InChI is InChI=1S/C9H16N4O2/c1-10-6-8-11-12-9(15-8)13(4-5-14)7-2-3-7/h7,10,14H,2-6H2,1H3. The molecule has 15 heavy (non-hydrogen) atoms. The number of anilines is 1. The second-order valence-electron chi connectivity index (χ2n) is 3.66. The van der Waals surface area contributed by atoms with Crippen LogP contribution in [0.2, 0.25) is 0 Å². The van der Waals surface area contributed by atoms with Crippen molar-refractivity contribution in [1.29, 1.82) is 0 Å². The summed E-state index contributed by atoms with van der Waals surface area (Å²) in [6.07, 6.45) is 2.29. The number of aliphatic hydroxyl groups excluding tert-OH is 1. The molecule has 0 atom stereocenters. The third kappa shape index (κ3) is 2.45. The third-order valence-corrected chi connectivity index (χ3v) is 2.36. The molecule has 1 aromatic heterocycles. The van der Waals surface area contributed by atoms with Crippen LogP contribution in [-0.4, -0.2) is 41.5 Å². The van der Waals surface area contributed by atoms with E-state index in [1.54, 1.807) is 0 Å². The Hall–Kier alpha value is -1.14. The molecule has 1 aliphatic rings. The van der Waals surface area contributed by atoms with Crippen LogP contribution in [-0.2, 0) is 6.54 Å². The van der Waals surface area contributed by atoms with E-state index in [2.05, 4.69) is 15.5 Å². The first-order valence-corrected chi connectivity index (χ1v) is 5.19. The van der Waals surface area contributed by atoms with Crippen LogP contribution in [0.5, 0.6) is 0 Å². The highest BCUT2D eigenvalue weighted by molar-refractivity contribution is 5.29. The van der Waals surface area contributed by atoms with Gasteiger partial charge >= 0.3 is 6.01 Å². The van der Waals surface area contributed by atoms with Crippen LogP contribution in [0.1, 0.15) is 18.7 Å². The largest absolute Gasteiger partial charge is 0.407 e. The second kappa shape index (κ2) is 4.59. The van der Waals surface area contributed by atoms with Gasteiger partial charge in [0.15, 0.2) is 0 Å². The normalized spacial score (nSPS) is 15.6. The smallest absolute Gasteiger partial charge is 0.318 e. The highest BCUT2D eigenvalue weighted by Gasteiger charge is 2.31. The van der Waals surface area contributed by atoms with E-state index >= 15 is 0 Å². The van der Waals surface area contributed by atoms with Gasteiger partial charge in [-0.2, -0.15) is 0 Å². The van der Waals surface area contributed by atoms with Crippen molar-refractivity contribution in [3.05, 3.63) is 5.89 Å². The van der Waals surface area contributed by atoms with E-state index in [1.807, 2.05) is 11.9 Å². The number of nitrogens with one attached hydrogen (secondary N) is 1. The summed E-state index contributed by atoms with van der Waals surface area (Å²) >= 11 is 0. The first kappa shape index (κ1) is 10.4. The molecule has 84 valence electrons. The minimum absolute atomic E-state index is 0.111. The monoisotopic (exact) mass is 212 g/mol. The minimum Gasteiger partial charge on any atom is -0.407 e. The number of hydrogen-bond acceptors (Lipinski definition) is 6. The molecule has 0 spiro atoms. The molecule has 1 aromatic rings. The van der Waals surface area contributed by atoms with Crippen molar-refractivity contribution >= 4 is 6.01 Å². The molecule has 0 aromatic carbocycles. The Morgan fingerprint density at radius 1 is 1.53 bits per heavy atom. The molecule has 1 fully saturated rings. The van der Waals surface area contributed by atoms with Crippen molar-refractivity contribution in [3.63, 3.8) is 0 Å². The summed E-state index contributed by atoms with van der Waals surface area (Å²) < 4.78 is 5.47. The molecule has 6 heteroatoms. The zero-order valence-corrected chi connectivity index (χ0v) is 8.81. The zero-order valence-electron chi connectivity index (χ0n) is 8.81. The average Bonchev–Trinajstić information content (AvgIpc) is 2.96. The number of aliphatic hydroxyl groups is 1. The molecule has 0 aliphatic heterocycles. The quantitative estimate of drug-likeness (QED) is 0.677. The maximum Gasteiger partial charge on any atom is 0.318 e. The lowest BCUT2D eigenvalue weighted by Crippen LogP contribution is -2.29. The Morgan fingerprint density at radius 2 is 2.33 bits per heavy atom. The number of nitrogens with zero attached hydrogens (tertiary/aromatic N) is 3. The van der Waals surface area contributed by atoms with E-state index in [0.29, 0.717) is 31.0 Å². The molecule has 0 saturated heterocycles. The van der Waals surface area contributed by atoms with E-state index in [0.717, 1.165) is 12.8 Å². The predicted octanol–water partition coefficient (Wildman–Crippen LogP) is -0.250. The predicted molar refractivity (Wildman–Crippen MR) is 54.5 cm³/mol. The van der Waals surface area contributed by atoms with Gasteiger partial charge in [-0.15, -0.1) is 5.10 Å². The molecule has 2 N–H and O–H groups in total. The topological polar surface area (TPSA) is 74.4 Å². The van der Waals surface area contributed by atoms with Crippen molar-refractivity contribution < 1.29 is 9.52 Å². The van der Waals surface area contributed by atoms with Crippen LogP contribution in [0.3, 0.4) is 0 Å². The van der Waals surface area contributed by atoms with Gasteiger partial charge in [-0.1, -0.05) is 5.10 Å². The van der Waals surface area contributed by atoms with Gasteiger partial charge in [0.25, 0.3) is 0 Å². The molecular weight excluding hydrogens is 196 g/mol. The first-order chi connectivity index (χ1) is 7.35. The van der Waals surface area contributed by atoms with E-state index in [-0.39, 0.29) is 6.61 Å². The lowest BCUT2D eigenvalue weighted by atomic mass is 10.5. The van der Waals surface area contributed by atoms with Gasteiger partial charge in [0.05, 0.1) is 13.2 Å². The first-order valence-electron chi connectivity index (χ1n) is 5.19. The summed E-state index contributed by atoms with van der Waals surface area (Å²) in [4.78, 5) is 1.98. The third-order valence-electron chi connectivity index (χ3n) is 2.36. The summed E-state index contributed by atoms with van der Waals surface area (Å²) in [5, 5.41) is 19.8. The van der Waals surface area contributed by atoms with Crippen molar-refractivity contribution in [3.8, 4) is 0 Å². The van der Waals surface area contributed by atoms with Gasteiger partial charge in [-0.05, 0) is 19.9 Å². The lowest BCUT2D eigenvalue weighted by Gasteiger charge is -2.17. The van der Waals surface area contributed by atoms with Crippen LogP contribution in [0.4, 0.5) is 6.01 Å². The van der Waals surface area contributed by atoms with Crippen molar-refractivity contribution in [1.82, 2.24) is 15.5 Å². The summed E-state index contributed by atoms with van der Waals surface area (Å²) in [6.45, 7) is 1.25. The fourth-order valence-electron chi connectivity index (χ4n) is 1.51. The average molecular weight is 212 g/mol. The second-order valence-corrected chi connectivity index (χ2v) is 3.66. The Labute approximate surface area is 88.3 Å². The van der Waals surface area contributed by atoms with Crippen LogP contribution < -0.4 is 10.2 Å². The molecule has 0 unspecified atom stereocenters. The van der Waals surface area contributed by atoms with E-state index < -0.39 is 0 Å². The van der Waals surface area contributed by atoms with Crippen molar-refractivity contribution in [2.45, 2.75) is 25.4 Å². The number of hydrogen-bond donors (Lipinski definition) is 2. The van der Waals surface area contributed by atoms with E-state index in [9.17, 15) is 0 Å². The van der Waals surface area contributed by atoms with Crippen LogP contribution in [0, 0.1) is 0 Å². The molecule has 0 radical (unpaired) electrons. The number of aromatic nitrogens is 2. The van der Waals surface area contributed by atoms with Crippen molar-refractivity contribution in [2.75, 3.05) is 25.1 Å². The Balaban J connectivity index is 2.04. The van der Waals surface area contributed by atoms with E-state index in [1.165, 1.54) is 0 Å². The highest BCUT2D eigenvalue weighted by Crippen LogP contribution is 2.30. The van der Waals surface area contributed by atoms with Crippen LogP contribution in [0.25, 0.3) is 0 Å². The molecule has 1 heterocycles. The van der Waals surface area contributed by atoms with Crippen LogP contribution >= 0.6 is 0 Å². The Morgan fingerprint density at radius 3 is 2.93 bits per heavy atom. The van der Waals surface area contributed by atoms with Gasteiger partial charge in [0, 0.05) is 12.6 Å². The molecule has 1 saturated carbocycles. The van der Waals surface area contributed by atoms with Crippen molar-refractivity contribution in [2.24, 2.45) is 0 Å². The summed E-state index contributed by atoms with van der Waals surface area (Å²) in [5.74, 6) is 0.580. The molecule has 0 amide bonds. The van der Waals surface area contributed by atoms with Gasteiger partial charge < -0.3 is 19.7 Å². The van der Waals surface area contributed by atoms with Gasteiger partial charge in [0.1, 0.15) is 0 Å². The fraction of sp³-hybridized carbons (Fsp3) is 0.778. The van der Waals surface area contributed by atoms with Gasteiger partial charge in [-0.25, -0.2) is 0 Å². The van der Waals surface area contributed by atoms with Gasteiger partial charge in [0.2, 0.25) is 5.89 Å². The fourth-order valence-corrected chi connectivity index (χ4v) is 1.51. The lowest BCUT2D eigenvalue weighted by molar-refractivity contribution is 0.297. The highest BCUT2D eigenvalue weighted by atomic mass is 16.4. The molecule has 2 rings (SSSR count). The maximum atomic E-state index is 8.94. The molecule has 1 aliphatic carbocycles. The SMILES string of the molecule is CNCc1nnc(N(CCO)C2CC2)o1. The summed E-state index contributed by atoms with van der Waals surface area (Å²) in [5.41, 5.74) is 0. The van der Waals surface area contributed by atoms with Crippen LogP contribution in [0.15, 0.2) is 4.42 Å². The summed E-state index contributed by atoms with van der Waals surface area (Å²) in [6, 6.07) is 0.997. The van der Waals surface area contributed by atoms with E-state index in [4.69, 9.17) is 9.52 Å². The van der Waals surface area contributed by atoms with Gasteiger partial charge in [-0.3, -0.25) is 0 Å². The number of rotatable bonds is 6. The summed E-state index contributed by atoms with van der Waals surface area (Å²) in [7, 11) is 1.83. The zero-order chi connectivity index (χ0) is 10.7. The Kier molecular flexibility index (Phi) is 3.17. The molecule has 0 bridgehead atoms.